The minimum atomic E-state index is -0.320. The van der Waals surface area contributed by atoms with E-state index in [9.17, 15) is 0 Å². The molecule has 1 heterocycles. The Kier molecular flexibility index (Phi) is 6.85. The van der Waals surface area contributed by atoms with Crippen LogP contribution in [0.4, 0.5) is 0 Å². The van der Waals surface area contributed by atoms with Crippen LogP contribution in [0.1, 0.15) is 38.9 Å². The Morgan fingerprint density at radius 3 is 2.44 bits per heavy atom. The van der Waals surface area contributed by atoms with E-state index in [0.717, 1.165) is 18.7 Å². The Morgan fingerprint density at radius 2 is 1.94 bits per heavy atom. The Balaban J connectivity index is 2.87. The fraction of sp³-hybridized carbons (Fsp3) is 0.833. The predicted molar refractivity (Wildman–Crippen MR) is 69.2 cm³/mol. The summed E-state index contributed by atoms with van der Waals surface area (Å²) in [5.41, 5.74) is 0.992. The van der Waals surface area contributed by atoms with E-state index in [1.165, 1.54) is 0 Å². The molecule has 0 aliphatic rings. The molecular formula is C12H24N4O2. The zero-order chi connectivity index (χ0) is 13.4. The summed E-state index contributed by atoms with van der Waals surface area (Å²) in [6.45, 7) is 8.10. The van der Waals surface area contributed by atoms with Crippen LogP contribution in [0.2, 0.25) is 0 Å². The van der Waals surface area contributed by atoms with Gasteiger partial charge in [-0.05, 0) is 27.3 Å². The first-order valence-corrected chi connectivity index (χ1v) is 6.57. The molecule has 1 unspecified atom stereocenters. The smallest absolute Gasteiger partial charge is 0.178 e. The molecular weight excluding hydrogens is 232 g/mol. The zero-order valence-corrected chi connectivity index (χ0v) is 11.7. The molecule has 6 nitrogen and oxygen atoms in total. The number of likely N-dealkylation sites (N-methyl/N-ethyl adjacent to an activating group) is 1. The van der Waals surface area contributed by atoms with Crippen LogP contribution in [-0.2, 0) is 16.0 Å². The van der Waals surface area contributed by atoms with Gasteiger partial charge in [-0.15, -0.1) is 5.10 Å². The number of hydrogen-bond acceptors (Lipinski definition) is 5. The molecule has 0 bridgehead atoms. The number of rotatable bonds is 9. The monoisotopic (exact) mass is 256 g/mol. The molecule has 0 saturated heterocycles. The highest BCUT2D eigenvalue weighted by molar-refractivity contribution is 5.03. The third-order valence-corrected chi connectivity index (χ3v) is 2.65. The van der Waals surface area contributed by atoms with Crippen molar-refractivity contribution in [1.29, 1.82) is 0 Å². The molecule has 1 rings (SSSR count). The van der Waals surface area contributed by atoms with Crippen LogP contribution < -0.4 is 5.32 Å². The number of aryl methyl sites for hydroxylation is 1. The molecule has 0 aliphatic carbocycles. The van der Waals surface area contributed by atoms with Crippen LogP contribution in [0.5, 0.6) is 0 Å². The summed E-state index contributed by atoms with van der Waals surface area (Å²) >= 11 is 0. The SMILES string of the molecule is CCCn1nncc1C(NC)C(OCC)OCC. The van der Waals surface area contributed by atoms with Gasteiger partial charge >= 0.3 is 0 Å². The van der Waals surface area contributed by atoms with Crippen molar-refractivity contribution < 1.29 is 9.47 Å². The van der Waals surface area contributed by atoms with Crippen molar-refractivity contribution in [3.63, 3.8) is 0 Å². The van der Waals surface area contributed by atoms with Crippen LogP contribution in [0.25, 0.3) is 0 Å². The van der Waals surface area contributed by atoms with Gasteiger partial charge in [-0.25, -0.2) is 4.68 Å². The molecule has 1 aromatic rings. The fourth-order valence-electron chi connectivity index (χ4n) is 1.88. The van der Waals surface area contributed by atoms with Gasteiger partial charge in [-0.2, -0.15) is 0 Å². The van der Waals surface area contributed by atoms with Gasteiger partial charge in [-0.3, -0.25) is 0 Å². The second-order valence-corrected chi connectivity index (χ2v) is 3.93. The van der Waals surface area contributed by atoms with E-state index in [1.807, 2.05) is 25.6 Å². The number of aromatic nitrogens is 3. The van der Waals surface area contributed by atoms with Crippen molar-refractivity contribution in [2.45, 2.75) is 46.1 Å². The molecule has 0 amide bonds. The molecule has 1 atom stereocenters. The second-order valence-electron chi connectivity index (χ2n) is 3.93. The van der Waals surface area contributed by atoms with E-state index < -0.39 is 0 Å². The second kappa shape index (κ2) is 8.18. The summed E-state index contributed by atoms with van der Waals surface area (Å²) in [6, 6.07) is -0.0635. The summed E-state index contributed by atoms with van der Waals surface area (Å²) in [6.07, 6.45) is 2.46. The van der Waals surface area contributed by atoms with E-state index in [4.69, 9.17) is 9.47 Å². The van der Waals surface area contributed by atoms with Crippen LogP contribution in [0.3, 0.4) is 0 Å². The molecule has 0 saturated carbocycles. The van der Waals surface area contributed by atoms with E-state index in [2.05, 4.69) is 22.6 Å². The minimum Gasteiger partial charge on any atom is -0.351 e. The predicted octanol–water partition coefficient (Wildman–Crippen LogP) is 1.35. The van der Waals surface area contributed by atoms with E-state index in [1.54, 1.807) is 6.20 Å². The molecule has 6 heteroatoms. The van der Waals surface area contributed by atoms with Gasteiger partial charge in [0.05, 0.1) is 11.9 Å². The van der Waals surface area contributed by atoms with Crippen LogP contribution in [0, 0.1) is 0 Å². The molecule has 0 fully saturated rings. The van der Waals surface area contributed by atoms with Crippen molar-refractivity contribution in [2.24, 2.45) is 0 Å². The summed E-state index contributed by atoms with van der Waals surface area (Å²) < 4.78 is 13.2. The van der Waals surface area contributed by atoms with Crippen molar-refractivity contribution in [3.05, 3.63) is 11.9 Å². The number of nitrogens with one attached hydrogen (secondary N) is 1. The molecule has 0 aromatic carbocycles. The summed E-state index contributed by atoms with van der Waals surface area (Å²) in [5.74, 6) is 0. The van der Waals surface area contributed by atoms with Gasteiger partial charge in [0.15, 0.2) is 6.29 Å². The molecule has 1 N–H and O–H groups in total. The Hall–Kier alpha value is -0.980. The largest absolute Gasteiger partial charge is 0.351 e. The first kappa shape index (κ1) is 15.1. The Labute approximate surface area is 109 Å². The first-order valence-electron chi connectivity index (χ1n) is 6.57. The molecule has 18 heavy (non-hydrogen) atoms. The maximum atomic E-state index is 5.64. The molecule has 0 radical (unpaired) electrons. The van der Waals surface area contributed by atoms with Crippen LogP contribution in [0.15, 0.2) is 6.20 Å². The average molecular weight is 256 g/mol. The summed E-state index contributed by atoms with van der Waals surface area (Å²) in [4.78, 5) is 0. The summed E-state index contributed by atoms with van der Waals surface area (Å²) in [5, 5.41) is 11.3. The maximum absolute atomic E-state index is 5.64. The molecule has 0 aliphatic heterocycles. The van der Waals surface area contributed by atoms with E-state index in [-0.39, 0.29) is 12.3 Å². The molecule has 1 aromatic heterocycles. The standard InChI is InChI=1S/C12H24N4O2/c1-5-8-16-10(9-14-15-16)11(13-4)12(17-6-2)18-7-3/h9,11-13H,5-8H2,1-4H3. The van der Waals surface area contributed by atoms with Gasteiger partial charge in [0, 0.05) is 19.8 Å². The molecule has 104 valence electrons. The fourth-order valence-corrected chi connectivity index (χ4v) is 1.88. The highest BCUT2D eigenvalue weighted by Gasteiger charge is 2.26. The molecule has 0 spiro atoms. The van der Waals surface area contributed by atoms with Gasteiger partial charge in [-0.1, -0.05) is 12.1 Å². The lowest BCUT2D eigenvalue weighted by atomic mass is 10.2. The van der Waals surface area contributed by atoms with Gasteiger partial charge in [0.25, 0.3) is 0 Å². The summed E-state index contributed by atoms with van der Waals surface area (Å²) in [7, 11) is 1.89. The lowest BCUT2D eigenvalue weighted by molar-refractivity contribution is -0.155. The number of hydrogen-bond donors (Lipinski definition) is 1. The van der Waals surface area contributed by atoms with Gasteiger partial charge in [0.1, 0.15) is 6.04 Å². The lowest BCUT2D eigenvalue weighted by Crippen LogP contribution is -2.35. The lowest BCUT2D eigenvalue weighted by Gasteiger charge is -2.26. The normalized spacial score (nSPS) is 13.2. The highest BCUT2D eigenvalue weighted by atomic mass is 16.7. The third kappa shape index (κ3) is 3.76. The van der Waals surface area contributed by atoms with Crippen molar-refractivity contribution in [3.8, 4) is 0 Å². The minimum absolute atomic E-state index is 0.0635. The van der Waals surface area contributed by atoms with Crippen molar-refractivity contribution in [1.82, 2.24) is 20.3 Å². The highest BCUT2D eigenvalue weighted by Crippen LogP contribution is 2.19. The zero-order valence-electron chi connectivity index (χ0n) is 11.7. The van der Waals surface area contributed by atoms with Crippen molar-refractivity contribution >= 4 is 0 Å². The Bertz CT molecular complexity index is 324. The third-order valence-electron chi connectivity index (χ3n) is 2.65. The van der Waals surface area contributed by atoms with Crippen LogP contribution in [-0.4, -0.2) is 41.5 Å². The first-order chi connectivity index (χ1) is 8.78. The van der Waals surface area contributed by atoms with E-state index in [0.29, 0.717) is 13.2 Å². The number of nitrogens with zero attached hydrogens (tertiary/aromatic N) is 3. The quantitative estimate of drug-likeness (QED) is 0.676. The van der Waals surface area contributed by atoms with Gasteiger partial charge < -0.3 is 14.8 Å². The van der Waals surface area contributed by atoms with Gasteiger partial charge in [0.2, 0.25) is 0 Å². The topological polar surface area (TPSA) is 61.2 Å². The van der Waals surface area contributed by atoms with Crippen LogP contribution >= 0.6 is 0 Å². The average Bonchev–Trinajstić information content (AvgIpc) is 2.80. The van der Waals surface area contributed by atoms with E-state index >= 15 is 0 Å². The van der Waals surface area contributed by atoms with Crippen molar-refractivity contribution in [2.75, 3.05) is 20.3 Å². The number of ether oxygens (including phenoxy) is 2. The Morgan fingerprint density at radius 1 is 1.28 bits per heavy atom. The maximum Gasteiger partial charge on any atom is 0.178 e.